The Morgan fingerprint density at radius 2 is 2.25 bits per heavy atom. The Morgan fingerprint density at radius 3 is 2.38 bits per heavy atom. The van der Waals surface area contributed by atoms with Crippen molar-refractivity contribution in [3.8, 4) is 0 Å². The van der Waals surface area contributed by atoms with Gasteiger partial charge in [-0.25, -0.2) is 4.98 Å². The third-order valence-corrected chi connectivity index (χ3v) is 2.81. The van der Waals surface area contributed by atoms with Crippen LogP contribution in [0.3, 0.4) is 0 Å². The van der Waals surface area contributed by atoms with Crippen molar-refractivity contribution in [2.75, 3.05) is 0 Å². The normalized spacial score (nSPS) is 10.2. The fourth-order valence-corrected chi connectivity index (χ4v) is 0.846. The maximum atomic E-state index is 4.11. The van der Waals surface area contributed by atoms with Gasteiger partial charge in [0.25, 0.3) is 0 Å². The molecule has 0 saturated carbocycles. The molecular weight excluding hydrogens is 116 g/mol. The first-order chi connectivity index (χ1) is 3.72. The lowest BCUT2D eigenvalue weighted by molar-refractivity contribution is 1.05. The summed E-state index contributed by atoms with van der Waals surface area (Å²) < 4.78 is 2.19. The monoisotopic (exact) mass is 126 g/mol. The maximum Gasteiger partial charge on any atom is 0.115 e. The summed E-state index contributed by atoms with van der Waals surface area (Å²) in [6, 6.07) is 0. The standard InChI is InChI=1S/C5H10N2Si/c1-4-3-6-5(2)7(4)8/h3H,1-2,8H3. The first-order valence-corrected chi connectivity index (χ1v) is 3.56. The Bertz CT molecular complexity index is 173. The molecule has 44 valence electrons. The van der Waals surface area contributed by atoms with Gasteiger partial charge in [-0.1, -0.05) is 0 Å². The molecule has 0 aliphatic rings. The molecule has 2 nitrogen and oxygen atoms in total. The van der Waals surface area contributed by atoms with Crippen LogP contribution in [0.4, 0.5) is 0 Å². The van der Waals surface area contributed by atoms with Gasteiger partial charge in [0.1, 0.15) is 10.4 Å². The van der Waals surface area contributed by atoms with Crippen molar-refractivity contribution in [2.24, 2.45) is 0 Å². The van der Waals surface area contributed by atoms with E-state index in [1.165, 1.54) is 5.69 Å². The van der Waals surface area contributed by atoms with Crippen LogP contribution in [0.15, 0.2) is 6.20 Å². The summed E-state index contributed by atoms with van der Waals surface area (Å²) in [7, 11) is 1.05. The van der Waals surface area contributed by atoms with E-state index in [2.05, 4.69) is 16.1 Å². The molecule has 1 rings (SSSR count). The summed E-state index contributed by atoms with van der Waals surface area (Å²) in [5.74, 6) is 1.13. The number of hydrogen-bond acceptors (Lipinski definition) is 1. The second-order valence-electron chi connectivity index (χ2n) is 2.01. The molecule has 0 fully saturated rings. The lowest BCUT2D eigenvalue weighted by atomic mass is 10.6. The van der Waals surface area contributed by atoms with Crippen LogP contribution in [0.1, 0.15) is 11.5 Å². The highest BCUT2D eigenvalue weighted by atomic mass is 28.2. The maximum absolute atomic E-state index is 4.11. The van der Waals surface area contributed by atoms with Crippen LogP contribution in [-0.4, -0.2) is 19.6 Å². The summed E-state index contributed by atoms with van der Waals surface area (Å²) in [4.78, 5) is 4.11. The van der Waals surface area contributed by atoms with Gasteiger partial charge < -0.3 is 4.23 Å². The Kier molecular flexibility index (Phi) is 1.21. The van der Waals surface area contributed by atoms with Crippen LogP contribution >= 0.6 is 0 Å². The van der Waals surface area contributed by atoms with Crippen molar-refractivity contribution in [1.29, 1.82) is 0 Å². The van der Waals surface area contributed by atoms with E-state index in [0.717, 1.165) is 16.2 Å². The minimum absolute atomic E-state index is 1.05. The molecule has 0 aliphatic carbocycles. The van der Waals surface area contributed by atoms with E-state index in [1.54, 1.807) is 0 Å². The van der Waals surface area contributed by atoms with Crippen molar-refractivity contribution in [3.63, 3.8) is 0 Å². The topological polar surface area (TPSA) is 17.8 Å². The quantitative estimate of drug-likeness (QED) is 0.434. The van der Waals surface area contributed by atoms with E-state index in [0.29, 0.717) is 0 Å². The predicted molar refractivity (Wildman–Crippen MR) is 37.0 cm³/mol. The molecule has 0 spiro atoms. The van der Waals surface area contributed by atoms with Gasteiger partial charge in [0.15, 0.2) is 0 Å². The summed E-state index contributed by atoms with van der Waals surface area (Å²) in [5.41, 5.74) is 1.27. The first-order valence-electron chi connectivity index (χ1n) is 2.66. The highest BCUT2D eigenvalue weighted by Gasteiger charge is 1.92. The van der Waals surface area contributed by atoms with Gasteiger partial charge in [0.2, 0.25) is 0 Å². The van der Waals surface area contributed by atoms with Crippen molar-refractivity contribution in [1.82, 2.24) is 9.22 Å². The zero-order valence-corrected chi connectivity index (χ0v) is 7.47. The van der Waals surface area contributed by atoms with Crippen molar-refractivity contribution in [3.05, 3.63) is 17.7 Å². The van der Waals surface area contributed by atoms with E-state index in [-0.39, 0.29) is 0 Å². The molecule has 1 aromatic rings. The molecule has 3 heteroatoms. The molecule has 8 heavy (non-hydrogen) atoms. The van der Waals surface area contributed by atoms with Gasteiger partial charge in [-0.2, -0.15) is 0 Å². The van der Waals surface area contributed by atoms with Gasteiger partial charge in [0.05, 0.1) is 5.82 Å². The summed E-state index contributed by atoms with van der Waals surface area (Å²) in [6.45, 7) is 4.10. The van der Waals surface area contributed by atoms with Crippen LogP contribution < -0.4 is 0 Å². The molecule has 0 aromatic carbocycles. The Labute approximate surface area is 52.1 Å². The lowest BCUT2D eigenvalue weighted by Gasteiger charge is -1.94. The molecular formula is C5H10N2Si. The SMILES string of the molecule is Cc1cnc(C)n1[SiH3]. The molecule has 1 heterocycles. The van der Waals surface area contributed by atoms with Crippen LogP contribution in [0.5, 0.6) is 0 Å². The van der Waals surface area contributed by atoms with Crippen LogP contribution in [-0.2, 0) is 0 Å². The molecule has 1 aromatic heterocycles. The largest absolute Gasteiger partial charge is 0.369 e. The predicted octanol–water partition coefficient (Wildman–Crippen LogP) is -0.372. The average molecular weight is 126 g/mol. The second kappa shape index (κ2) is 1.74. The van der Waals surface area contributed by atoms with E-state index in [4.69, 9.17) is 0 Å². The molecule has 0 amide bonds. The van der Waals surface area contributed by atoms with Gasteiger partial charge in [-0.05, 0) is 13.8 Å². The number of hydrogen-bond donors (Lipinski definition) is 0. The molecule has 0 unspecified atom stereocenters. The van der Waals surface area contributed by atoms with Crippen LogP contribution in [0.2, 0.25) is 0 Å². The van der Waals surface area contributed by atoms with Crippen molar-refractivity contribution >= 4 is 10.4 Å². The fourth-order valence-electron chi connectivity index (χ4n) is 0.615. The molecule has 0 atom stereocenters. The molecule has 0 radical (unpaired) electrons. The zero-order chi connectivity index (χ0) is 6.15. The molecule has 0 saturated heterocycles. The number of nitrogens with zero attached hydrogens (tertiary/aromatic N) is 2. The zero-order valence-electron chi connectivity index (χ0n) is 5.47. The molecule has 0 bridgehead atoms. The van der Waals surface area contributed by atoms with Gasteiger partial charge in [0, 0.05) is 11.9 Å². The molecule has 0 N–H and O–H groups in total. The van der Waals surface area contributed by atoms with E-state index in [9.17, 15) is 0 Å². The summed E-state index contributed by atoms with van der Waals surface area (Å²) in [5, 5.41) is 0. The van der Waals surface area contributed by atoms with E-state index in [1.807, 2.05) is 13.1 Å². The average Bonchev–Trinajstić information content (AvgIpc) is 1.98. The number of imidazole rings is 1. The summed E-state index contributed by atoms with van der Waals surface area (Å²) >= 11 is 0. The van der Waals surface area contributed by atoms with Crippen LogP contribution in [0, 0.1) is 13.8 Å². The highest BCUT2D eigenvalue weighted by Crippen LogP contribution is 1.96. The Balaban J connectivity index is 3.19. The lowest BCUT2D eigenvalue weighted by Crippen LogP contribution is -1.95. The van der Waals surface area contributed by atoms with Crippen molar-refractivity contribution in [2.45, 2.75) is 13.8 Å². The van der Waals surface area contributed by atoms with Gasteiger partial charge in [-0.15, -0.1) is 0 Å². The third kappa shape index (κ3) is 0.689. The minimum Gasteiger partial charge on any atom is -0.369 e. The van der Waals surface area contributed by atoms with Crippen molar-refractivity contribution < 1.29 is 0 Å². The second-order valence-corrected chi connectivity index (χ2v) is 2.90. The van der Waals surface area contributed by atoms with Gasteiger partial charge >= 0.3 is 0 Å². The number of aromatic nitrogens is 2. The number of aryl methyl sites for hydroxylation is 2. The van der Waals surface area contributed by atoms with Crippen LogP contribution in [0.25, 0.3) is 0 Å². The smallest absolute Gasteiger partial charge is 0.115 e. The van der Waals surface area contributed by atoms with Gasteiger partial charge in [-0.3, -0.25) is 0 Å². The number of rotatable bonds is 0. The minimum atomic E-state index is 1.05. The summed E-state index contributed by atoms with van der Waals surface area (Å²) in [6.07, 6.45) is 1.91. The highest BCUT2D eigenvalue weighted by molar-refractivity contribution is 6.07. The first kappa shape index (κ1) is 5.56. The van der Waals surface area contributed by atoms with E-state index >= 15 is 0 Å². The van der Waals surface area contributed by atoms with E-state index < -0.39 is 0 Å². The molecule has 0 aliphatic heterocycles. The Morgan fingerprint density at radius 1 is 1.62 bits per heavy atom. The third-order valence-electron chi connectivity index (χ3n) is 1.45. The fraction of sp³-hybridized carbons (Fsp3) is 0.400. The Hall–Kier alpha value is -0.573.